The third-order valence-electron chi connectivity index (χ3n) is 0. The zero-order chi connectivity index (χ0) is 4.50. The van der Waals surface area contributed by atoms with Crippen LogP contribution in [0.2, 0.25) is 0 Å². The first-order valence-electron chi connectivity index (χ1n) is 0.894. The molecule has 1 radical (unpaired) electrons. The molecule has 0 spiro atoms. The summed E-state index contributed by atoms with van der Waals surface area (Å²) in [5, 5.41) is 0. The summed E-state index contributed by atoms with van der Waals surface area (Å²) in [7, 11) is 0. The molecule has 0 amide bonds. The second-order valence-corrected chi connectivity index (χ2v) is 2.47. The molecule has 0 fully saturated rings. The van der Waals surface area contributed by atoms with E-state index in [-0.39, 0.29) is 38.1 Å². The third-order valence-corrected chi connectivity index (χ3v) is 0. The van der Waals surface area contributed by atoms with Crippen molar-refractivity contribution in [3.05, 3.63) is 0 Å². The molecule has 0 heterocycles. The van der Waals surface area contributed by atoms with Crippen LogP contribution in [0.15, 0.2) is 0 Å². The first-order valence-corrected chi connectivity index (χ1v) is 3.69. The molecule has 7 heavy (non-hydrogen) atoms. The molecule has 0 bridgehead atoms. The van der Waals surface area contributed by atoms with Gasteiger partial charge in [0, 0.05) is 38.1 Å². The molecular formula is H4MnO4TiW. The fraction of sp³-hybridized carbons (Fsp3) is 0. The van der Waals surface area contributed by atoms with Gasteiger partial charge in [0.05, 0.1) is 0 Å². The molecule has 0 aliphatic carbocycles. The van der Waals surface area contributed by atoms with Crippen molar-refractivity contribution < 1.29 is 71.0 Å². The average Bonchev–Trinajstić information content (AvgIpc) is 0.722. The maximum absolute atomic E-state index is 7.38. The minimum Gasteiger partial charge on any atom is 0 e. The summed E-state index contributed by atoms with van der Waals surface area (Å²) in [5.74, 6) is 0. The van der Waals surface area contributed by atoms with Crippen LogP contribution in [-0.4, -0.2) is 14.8 Å². The molecule has 0 unspecified atom stereocenters. The van der Waals surface area contributed by atoms with E-state index in [0.717, 1.165) is 0 Å². The van der Waals surface area contributed by atoms with E-state index in [4.69, 9.17) is 14.8 Å². The van der Waals surface area contributed by atoms with Crippen LogP contribution >= 0.6 is 0 Å². The smallest absolute Gasteiger partial charge is 0 e. The third kappa shape index (κ3) is 83.0. The fourth-order valence-electron chi connectivity index (χ4n) is 0. The van der Waals surface area contributed by atoms with Gasteiger partial charge in [0.1, 0.15) is 0 Å². The van der Waals surface area contributed by atoms with Crippen molar-refractivity contribution >= 4 is 0 Å². The van der Waals surface area contributed by atoms with Gasteiger partial charge in [-0.25, -0.2) is 0 Å². The molecule has 0 aromatic heterocycles. The second kappa shape index (κ2) is 5.89. The van der Waals surface area contributed by atoms with Gasteiger partial charge in [-0.3, -0.25) is 0 Å². The molecule has 4 nitrogen and oxygen atoms in total. The van der Waals surface area contributed by atoms with Gasteiger partial charge < -0.3 is 0 Å². The first-order chi connectivity index (χ1) is 2.00. The van der Waals surface area contributed by atoms with Crippen LogP contribution in [0.5, 0.6) is 0 Å². The van der Waals surface area contributed by atoms with Crippen LogP contribution in [0.3, 0.4) is 0 Å². The van der Waals surface area contributed by atoms with E-state index in [1.165, 1.54) is 0 Å². The van der Waals surface area contributed by atoms with Crippen molar-refractivity contribution in [2.45, 2.75) is 0 Å². The van der Waals surface area contributed by atoms with Gasteiger partial charge in [-0.15, -0.1) is 0 Å². The van der Waals surface area contributed by atoms with Gasteiger partial charge in [-0.1, -0.05) is 0 Å². The Hall–Kier alpha value is 1.76. The van der Waals surface area contributed by atoms with Crippen LogP contribution in [0.25, 0.3) is 0 Å². The first kappa shape index (κ1) is 15.9. The van der Waals surface area contributed by atoms with Crippen molar-refractivity contribution in [2.75, 3.05) is 0 Å². The summed E-state index contributed by atoms with van der Waals surface area (Å²) in [6, 6.07) is 0. The van der Waals surface area contributed by atoms with Gasteiger partial charge in [-0.2, -0.15) is 0 Å². The predicted molar refractivity (Wildman–Crippen MR) is 8.88 cm³/mol. The molecule has 0 aliphatic heterocycles. The summed E-state index contributed by atoms with van der Waals surface area (Å²) in [4.78, 5) is 0. The van der Waals surface area contributed by atoms with Crippen molar-refractivity contribution in [1.29, 1.82) is 0 Å². The largest absolute Gasteiger partial charge is 0 e. The standard InChI is InChI=1S/Mn.4H2O.Ti.W/h;4*1H2;;/q;;;;;+4;/p-4. The Morgan fingerprint density at radius 2 is 0.857 bits per heavy atom. The minimum atomic E-state index is -5.00. The molecule has 0 aliphatic rings. The van der Waals surface area contributed by atoms with E-state index in [1.807, 2.05) is 0 Å². The molecule has 0 saturated carbocycles. The Balaban J connectivity index is -0.0000000800. The summed E-state index contributed by atoms with van der Waals surface area (Å²) >= 11 is -5.00. The number of hydrogen-bond acceptors (Lipinski definition) is 4. The molecule has 0 saturated heterocycles. The van der Waals surface area contributed by atoms with E-state index < -0.39 is 18.1 Å². The molecule has 0 rings (SSSR count). The van der Waals surface area contributed by atoms with Gasteiger partial charge in [0.2, 0.25) is 0 Å². The van der Waals surface area contributed by atoms with E-state index in [9.17, 15) is 0 Å². The predicted octanol–water partition coefficient (Wildman–Crippen LogP) is -2.24. The SMILES string of the molecule is [Mn].[OH][Ti]([OH])([OH])[OH].[W]. The van der Waals surface area contributed by atoms with E-state index in [1.54, 1.807) is 0 Å². The Bertz CT molecular complexity index is 27.2. The normalized spacial score (nSPS) is 8.57. The molecule has 0 aromatic carbocycles. The maximum atomic E-state index is 7.38. The van der Waals surface area contributed by atoms with Gasteiger partial charge in [-0.05, 0) is 0 Å². The topological polar surface area (TPSA) is 80.9 Å². The second-order valence-electron chi connectivity index (χ2n) is 0.600. The van der Waals surface area contributed by atoms with Crippen LogP contribution in [-0.2, 0) is 56.3 Å². The van der Waals surface area contributed by atoms with Crippen LogP contribution in [0.4, 0.5) is 0 Å². The van der Waals surface area contributed by atoms with Crippen molar-refractivity contribution in [1.82, 2.24) is 0 Å². The van der Waals surface area contributed by atoms with Gasteiger partial charge in [0.25, 0.3) is 0 Å². The Morgan fingerprint density at radius 1 is 0.857 bits per heavy atom. The van der Waals surface area contributed by atoms with Crippen molar-refractivity contribution in [3.63, 3.8) is 0 Å². The molecule has 4 N–H and O–H groups in total. The summed E-state index contributed by atoms with van der Waals surface area (Å²) in [6.07, 6.45) is 0. The Labute approximate surface area is 70.6 Å². The van der Waals surface area contributed by atoms with E-state index in [0.29, 0.717) is 0 Å². The van der Waals surface area contributed by atoms with Crippen molar-refractivity contribution in [3.8, 4) is 0 Å². The molecular weight excluding hydrogens is 351 g/mol. The molecule has 0 aromatic rings. The van der Waals surface area contributed by atoms with E-state index >= 15 is 0 Å². The fourth-order valence-corrected chi connectivity index (χ4v) is 0. The summed E-state index contributed by atoms with van der Waals surface area (Å²) < 4.78 is 29.5. The van der Waals surface area contributed by atoms with Crippen LogP contribution in [0.1, 0.15) is 0 Å². The quantitative estimate of drug-likeness (QED) is 0.371. The molecule has 0 atom stereocenters. The van der Waals surface area contributed by atoms with E-state index in [2.05, 4.69) is 0 Å². The minimum absolute atomic E-state index is 0. The van der Waals surface area contributed by atoms with Crippen LogP contribution in [0, 0.1) is 0 Å². The maximum Gasteiger partial charge on any atom is 0 e. The van der Waals surface area contributed by atoms with Gasteiger partial charge in [0.15, 0.2) is 0 Å². The molecule has 7 heteroatoms. The summed E-state index contributed by atoms with van der Waals surface area (Å²) in [5.41, 5.74) is 0. The zero-order valence-corrected chi connectivity index (χ0v) is 8.75. The molecule has 45 valence electrons. The monoisotopic (exact) mass is 355 g/mol. The number of rotatable bonds is 0. The van der Waals surface area contributed by atoms with Crippen molar-refractivity contribution in [2.24, 2.45) is 0 Å². The Kier molecular flexibility index (Phi) is 13.4. The van der Waals surface area contributed by atoms with Gasteiger partial charge >= 0.3 is 32.9 Å². The number of hydrogen-bond donors (Lipinski definition) is 4. The Morgan fingerprint density at radius 3 is 0.857 bits per heavy atom. The zero-order valence-electron chi connectivity index (χ0n) is 3.08. The average molecular weight is 355 g/mol. The van der Waals surface area contributed by atoms with Crippen LogP contribution < -0.4 is 0 Å². The summed E-state index contributed by atoms with van der Waals surface area (Å²) in [6.45, 7) is 0.